The molecular formula is C11H25NO4S. The van der Waals surface area contributed by atoms with Crippen LogP contribution >= 0.6 is 0 Å². The lowest BCUT2D eigenvalue weighted by Gasteiger charge is -2.11. The summed E-state index contributed by atoms with van der Waals surface area (Å²) in [6.45, 7) is 3.43. The van der Waals surface area contributed by atoms with Gasteiger partial charge in [0.05, 0.1) is 19.0 Å². The maximum absolute atomic E-state index is 11.2. The van der Waals surface area contributed by atoms with Gasteiger partial charge in [0.25, 0.3) is 0 Å². The van der Waals surface area contributed by atoms with Gasteiger partial charge in [-0.15, -0.1) is 0 Å². The Hall–Kier alpha value is -0.170. The van der Waals surface area contributed by atoms with Gasteiger partial charge in [-0.25, -0.2) is 8.42 Å². The quantitative estimate of drug-likeness (QED) is 0.554. The number of rotatable bonds is 11. The second-order valence-corrected chi connectivity index (χ2v) is 6.51. The molecule has 0 aliphatic heterocycles. The van der Waals surface area contributed by atoms with E-state index in [0.29, 0.717) is 26.2 Å². The Bertz CT molecular complexity index is 267. The highest BCUT2D eigenvalue weighted by Gasteiger charge is 2.09. The summed E-state index contributed by atoms with van der Waals surface area (Å²) in [5.74, 6) is 0.449. The van der Waals surface area contributed by atoms with Crippen molar-refractivity contribution in [1.82, 2.24) is 0 Å². The van der Waals surface area contributed by atoms with Crippen LogP contribution in [0.25, 0.3) is 0 Å². The fourth-order valence-electron chi connectivity index (χ4n) is 1.33. The third kappa shape index (κ3) is 10.7. The van der Waals surface area contributed by atoms with E-state index in [9.17, 15) is 8.42 Å². The number of ether oxygens (including phenoxy) is 2. The maximum Gasteiger partial charge on any atom is 0.150 e. The van der Waals surface area contributed by atoms with Gasteiger partial charge in [0.2, 0.25) is 0 Å². The van der Waals surface area contributed by atoms with Gasteiger partial charge in [-0.2, -0.15) is 0 Å². The average molecular weight is 267 g/mol. The third-order valence-electron chi connectivity index (χ3n) is 2.53. The van der Waals surface area contributed by atoms with Crippen LogP contribution in [-0.2, 0) is 19.3 Å². The van der Waals surface area contributed by atoms with Crippen LogP contribution in [0.3, 0.4) is 0 Å². The zero-order valence-corrected chi connectivity index (χ0v) is 11.7. The van der Waals surface area contributed by atoms with Crippen LogP contribution in [0.15, 0.2) is 0 Å². The molecule has 5 nitrogen and oxygen atoms in total. The second kappa shape index (κ2) is 9.82. The molecule has 0 aromatic heterocycles. The minimum absolute atomic E-state index is 0.0181. The van der Waals surface area contributed by atoms with Gasteiger partial charge >= 0.3 is 0 Å². The summed E-state index contributed by atoms with van der Waals surface area (Å²) < 4.78 is 32.6. The normalized spacial score (nSPS) is 13.8. The van der Waals surface area contributed by atoms with E-state index in [1.165, 1.54) is 0 Å². The molecule has 0 saturated carbocycles. The molecule has 0 saturated heterocycles. The molecule has 0 amide bonds. The van der Waals surface area contributed by atoms with Crippen LogP contribution < -0.4 is 5.73 Å². The Morgan fingerprint density at radius 1 is 1.18 bits per heavy atom. The minimum atomic E-state index is -2.85. The smallest absolute Gasteiger partial charge is 0.150 e. The lowest BCUT2D eigenvalue weighted by atomic mass is 10.1. The molecule has 0 fully saturated rings. The van der Waals surface area contributed by atoms with Crippen molar-refractivity contribution in [2.75, 3.05) is 38.4 Å². The van der Waals surface area contributed by atoms with Crippen molar-refractivity contribution in [3.05, 3.63) is 0 Å². The summed E-state index contributed by atoms with van der Waals surface area (Å²) in [7, 11) is -1.22. The van der Waals surface area contributed by atoms with E-state index in [1.807, 2.05) is 0 Å². The van der Waals surface area contributed by atoms with Crippen molar-refractivity contribution in [1.29, 1.82) is 0 Å². The summed E-state index contributed by atoms with van der Waals surface area (Å²) >= 11 is 0. The lowest BCUT2D eigenvalue weighted by molar-refractivity contribution is 0.0669. The van der Waals surface area contributed by atoms with Gasteiger partial charge < -0.3 is 15.2 Å². The van der Waals surface area contributed by atoms with Crippen LogP contribution in [0.2, 0.25) is 0 Å². The number of nitrogens with two attached hydrogens (primary N) is 1. The zero-order valence-electron chi connectivity index (χ0n) is 10.9. The van der Waals surface area contributed by atoms with E-state index in [2.05, 4.69) is 0 Å². The molecule has 104 valence electrons. The fourth-order valence-corrected chi connectivity index (χ4v) is 2.23. The summed E-state index contributed by atoms with van der Waals surface area (Å²) in [5.41, 5.74) is 5.85. The lowest BCUT2D eigenvalue weighted by Crippen LogP contribution is -2.23. The molecule has 2 N–H and O–H groups in total. The van der Waals surface area contributed by atoms with E-state index in [4.69, 9.17) is 15.2 Å². The summed E-state index contributed by atoms with van der Waals surface area (Å²) in [6, 6.07) is 0.0181. The van der Waals surface area contributed by atoms with E-state index in [-0.39, 0.29) is 17.5 Å². The number of methoxy groups -OCH3 is 1. The maximum atomic E-state index is 11.2. The molecule has 0 aromatic rings. The molecule has 0 radical (unpaired) electrons. The Morgan fingerprint density at radius 2 is 1.88 bits per heavy atom. The van der Waals surface area contributed by atoms with Crippen molar-refractivity contribution < 1.29 is 17.9 Å². The van der Waals surface area contributed by atoms with Crippen molar-refractivity contribution in [3.63, 3.8) is 0 Å². The van der Waals surface area contributed by atoms with Crippen molar-refractivity contribution >= 4 is 9.84 Å². The van der Waals surface area contributed by atoms with Gasteiger partial charge in [0.1, 0.15) is 9.84 Å². The van der Waals surface area contributed by atoms with Gasteiger partial charge in [-0.05, 0) is 19.3 Å². The molecule has 17 heavy (non-hydrogen) atoms. The summed E-state index contributed by atoms with van der Waals surface area (Å²) in [4.78, 5) is 0. The van der Waals surface area contributed by atoms with E-state index in [1.54, 1.807) is 14.0 Å². The summed E-state index contributed by atoms with van der Waals surface area (Å²) in [6.07, 6.45) is 2.12. The molecule has 1 atom stereocenters. The topological polar surface area (TPSA) is 78.6 Å². The number of sulfone groups is 1. The first-order valence-corrected chi connectivity index (χ1v) is 7.86. The second-order valence-electron chi connectivity index (χ2n) is 4.03. The average Bonchev–Trinajstić information content (AvgIpc) is 2.28. The monoisotopic (exact) mass is 267 g/mol. The molecule has 0 heterocycles. The molecule has 0 rings (SSSR count). The van der Waals surface area contributed by atoms with Crippen LogP contribution in [0.1, 0.15) is 26.2 Å². The molecule has 1 unspecified atom stereocenters. The Labute approximate surface area is 105 Å². The Balaban J connectivity index is 3.44. The third-order valence-corrected chi connectivity index (χ3v) is 4.33. The molecular weight excluding hydrogens is 242 g/mol. The molecule has 0 aromatic carbocycles. The molecule has 0 aliphatic rings. The Morgan fingerprint density at radius 3 is 2.47 bits per heavy atom. The van der Waals surface area contributed by atoms with Gasteiger partial charge in [0, 0.05) is 25.5 Å². The van der Waals surface area contributed by atoms with Gasteiger partial charge in [0.15, 0.2) is 0 Å². The highest BCUT2D eigenvalue weighted by Crippen LogP contribution is 2.03. The van der Waals surface area contributed by atoms with Crippen molar-refractivity contribution in [2.45, 2.75) is 32.2 Å². The highest BCUT2D eigenvalue weighted by atomic mass is 32.2. The first kappa shape index (κ1) is 16.8. The van der Waals surface area contributed by atoms with E-state index >= 15 is 0 Å². The predicted octanol–water partition coefficient (Wildman–Crippen LogP) is 0.582. The first-order chi connectivity index (χ1) is 8.02. The van der Waals surface area contributed by atoms with Gasteiger partial charge in [-0.1, -0.05) is 6.92 Å². The fraction of sp³-hybridized carbons (Fsp3) is 1.00. The minimum Gasteiger partial charge on any atom is -0.382 e. The zero-order chi connectivity index (χ0) is 13.1. The predicted molar refractivity (Wildman–Crippen MR) is 68.8 cm³/mol. The van der Waals surface area contributed by atoms with Gasteiger partial charge in [-0.3, -0.25) is 0 Å². The van der Waals surface area contributed by atoms with Crippen LogP contribution in [0.5, 0.6) is 0 Å². The molecule has 0 spiro atoms. The molecule has 0 bridgehead atoms. The van der Waals surface area contributed by atoms with E-state index < -0.39 is 9.84 Å². The standard InChI is InChI=1S/C11H25NO4S/c1-3-17(13,14)10-4-5-11(12)6-7-16-9-8-15-2/h11H,3-10,12H2,1-2H3. The SMILES string of the molecule is CCS(=O)(=O)CCCC(N)CCOCCOC. The van der Waals surface area contributed by atoms with Crippen molar-refractivity contribution in [2.24, 2.45) is 5.73 Å². The molecule has 6 heteroatoms. The first-order valence-electron chi connectivity index (χ1n) is 6.04. The van der Waals surface area contributed by atoms with Crippen LogP contribution in [0, 0.1) is 0 Å². The van der Waals surface area contributed by atoms with Crippen molar-refractivity contribution in [3.8, 4) is 0 Å². The molecule has 0 aliphatic carbocycles. The Kier molecular flexibility index (Phi) is 9.72. The number of hydrogen-bond acceptors (Lipinski definition) is 5. The number of hydrogen-bond donors (Lipinski definition) is 1. The largest absolute Gasteiger partial charge is 0.382 e. The van der Waals surface area contributed by atoms with Crippen LogP contribution in [-0.4, -0.2) is 52.9 Å². The van der Waals surface area contributed by atoms with Crippen LogP contribution in [0.4, 0.5) is 0 Å². The summed E-state index contributed by atoms with van der Waals surface area (Å²) in [5, 5.41) is 0. The highest BCUT2D eigenvalue weighted by molar-refractivity contribution is 7.91. The van der Waals surface area contributed by atoms with E-state index in [0.717, 1.165) is 12.8 Å².